The Morgan fingerprint density at radius 3 is 1.24 bits per heavy atom. The standard InChI is InChI=1S/C54H38BN3Si/c1-5-20-39(21-6-1)56-46-29-14-13-28-44(46)55-45-38-41(36-37-47(45)57(40-22-7-2-8-23-40)51-33-19-32-50(56)54(51)55)58-48-30-15-17-34-52(48)59(42-24-9-3-10-25-42,43-26-11-4-12-27-43)53-35-18-16-31-49(53)58/h1-38H. The fourth-order valence-electron chi connectivity index (χ4n) is 10.4. The molecule has 3 heterocycles. The summed E-state index contributed by atoms with van der Waals surface area (Å²) in [6.07, 6.45) is 0. The Morgan fingerprint density at radius 1 is 0.288 bits per heavy atom. The molecule has 0 unspecified atom stereocenters. The van der Waals surface area contributed by atoms with Gasteiger partial charge in [-0.2, -0.15) is 0 Å². The van der Waals surface area contributed by atoms with Crippen LogP contribution in [-0.2, 0) is 0 Å². The van der Waals surface area contributed by atoms with E-state index in [1.807, 2.05) is 0 Å². The van der Waals surface area contributed by atoms with E-state index in [4.69, 9.17) is 0 Å². The van der Waals surface area contributed by atoms with E-state index in [9.17, 15) is 0 Å². The minimum atomic E-state index is -2.74. The summed E-state index contributed by atoms with van der Waals surface area (Å²) < 4.78 is 0. The van der Waals surface area contributed by atoms with Crippen molar-refractivity contribution in [3.8, 4) is 0 Å². The van der Waals surface area contributed by atoms with E-state index < -0.39 is 8.07 Å². The highest BCUT2D eigenvalue weighted by molar-refractivity contribution is 7.21. The minimum absolute atomic E-state index is 0.0182. The first kappa shape index (κ1) is 33.8. The van der Waals surface area contributed by atoms with Crippen molar-refractivity contribution >= 4 is 103 Å². The van der Waals surface area contributed by atoms with E-state index in [0.29, 0.717) is 0 Å². The first-order valence-electron chi connectivity index (χ1n) is 20.5. The van der Waals surface area contributed by atoms with E-state index in [-0.39, 0.29) is 6.71 Å². The molecule has 0 aliphatic carbocycles. The lowest BCUT2D eigenvalue weighted by molar-refractivity contribution is 1.24. The molecule has 0 bridgehead atoms. The van der Waals surface area contributed by atoms with Crippen LogP contribution in [0.2, 0.25) is 0 Å². The lowest BCUT2D eigenvalue weighted by Crippen LogP contribution is -2.77. The average Bonchev–Trinajstić information content (AvgIpc) is 3.31. The number of hydrogen-bond acceptors (Lipinski definition) is 3. The largest absolute Gasteiger partial charge is 0.311 e. The molecule has 276 valence electrons. The Balaban J connectivity index is 1.13. The average molecular weight is 768 g/mol. The maximum Gasteiger partial charge on any atom is 0.252 e. The molecule has 3 aliphatic rings. The van der Waals surface area contributed by atoms with E-state index in [1.165, 1.54) is 71.3 Å². The van der Waals surface area contributed by atoms with Gasteiger partial charge in [-0.05, 0) is 110 Å². The molecule has 3 aliphatic heterocycles. The van der Waals surface area contributed by atoms with Gasteiger partial charge in [-0.25, -0.2) is 0 Å². The molecule has 0 amide bonds. The minimum Gasteiger partial charge on any atom is -0.311 e. The molecular formula is C54H38BN3Si. The van der Waals surface area contributed by atoms with Crippen LogP contribution in [0.4, 0.5) is 51.2 Å². The van der Waals surface area contributed by atoms with Gasteiger partial charge in [-0.3, -0.25) is 0 Å². The maximum atomic E-state index is 2.54. The fraction of sp³-hybridized carbons (Fsp3) is 0. The zero-order chi connectivity index (χ0) is 38.9. The SMILES string of the molecule is c1ccc(N2c3ccccc3B3c4cc(N5c6ccccc6[Si](c6ccccc6)(c6ccccc6)c6ccccc65)ccc4N(c4ccccc4)c4cccc2c43)cc1. The Kier molecular flexibility index (Phi) is 7.65. The van der Waals surface area contributed by atoms with Crippen LogP contribution >= 0.6 is 0 Å². The number of hydrogen-bond donors (Lipinski definition) is 0. The topological polar surface area (TPSA) is 9.72 Å². The number of benzene rings is 9. The molecule has 0 fully saturated rings. The lowest BCUT2D eigenvalue weighted by Gasteiger charge is -2.46. The van der Waals surface area contributed by atoms with Gasteiger partial charge in [0.15, 0.2) is 8.07 Å². The highest BCUT2D eigenvalue weighted by Crippen LogP contribution is 2.45. The molecule has 5 heteroatoms. The fourth-order valence-corrected chi connectivity index (χ4v) is 15.5. The molecule has 12 rings (SSSR count). The van der Waals surface area contributed by atoms with Crippen molar-refractivity contribution in [3.05, 3.63) is 231 Å². The Hall–Kier alpha value is -7.34. The van der Waals surface area contributed by atoms with Crippen LogP contribution in [0.25, 0.3) is 0 Å². The Morgan fingerprint density at radius 2 is 0.695 bits per heavy atom. The predicted octanol–water partition coefficient (Wildman–Crippen LogP) is 8.93. The molecular weight excluding hydrogens is 730 g/mol. The monoisotopic (exact) mass is 767 g/mol. The predicted molar refractivity (Wildman–Crippen MR) is 252 cm³/mol. The van der Waals surface area contributed by atoms with Gasteiger partial charge in [0, 0.05) is 51.2 Å². The van der Waals surface area contributed by atoms with Crippen molar-refractivity contribution in [3.63, 3.8) is 0 Å². The molecule has 0 N–H and O–H groups in total. The van der Waals surface area contributed by atoms with Gasteiger partial charge in [0.05, 0.1) is 0 Å². The zero-order valence-electron chi connectivity index (χ0n) is 32.4. The summed E-state index contributed by atoms with van der Waals surface area (Å²) in [7, 11) is -2.74. The normalized spacial score (nSPS) is 14.1. The third-order valence-corrected chi connectivity index (χ3v) is 17.5. The quantitative estimate of drug-likeness (QED) is 0.162. The summed E-state index contributed by atoms with van der Waals surface area (Å²) in [5, 5.41) is 5.57. The summed E-state index contributed by atoms with van der Waals surface area (Å²) in [5.74, 6) is 0. The van der Waals surface area contributed by atoms with Crippen molar-refractivity contribution in [2.45, 2.75) is 0 Å². The molecule has 9 aromatic carbocycles. The molecule has 0 saturated heterocycles. The van der Waals surface area contributed by atoms with Crippen molar-refractivity contribution in [1.29, 1.82) is 0 Å². The second kappa shape index (κ2) is 13.4. The third kappa shape index (κ3) is 4.89. The first-order valence-corrected chi connectivity index (χ1v) is 22.5. The molecule has 0 radical (unpaired) electrons. The van der Waals surface area contributed by atoms with Gasteiger partial charge in [0.1, 0.15) is 0 Å². The van der Waals surface area contributed by atoms with Crippen LogP contribution in [0, 0.1) is 0 Å². The summed E-state index contributed by atoms with van der Waals surface area (Å²) in [5.41, 5.74) is 14.7. The van der Waals surface area contributed by atoms with Gasteiger partial charge in [-0.1, -0.05) is 158 Å². The molecule has 9 aromatic rings. The van der Waals surface area contributed by atoms with Crippen molar-refractivity contribution in [2.75, 3.05) is 14.7 Å². The Bertz CT molecular complexity index is 2930. The first-order chi connectivity index (χ1) is 29.3. The number of nitrogens with zero attached hydrogens (tertiary/aromatic N) is 3. The van der Waals surface area contributed by atoms with Gasteiger partial charge < -0.3 is 14.7 Å². The van der Waals surface area contributed by atoms with Crippen LogP contribution < -0.4 is 51.8 Å². The molecule has 0 spiro atoms. The summed E-state index contributed by atoms with van der Waals surface area (Å²) in [6.45, 7) is 0.0182. The zero-order valence-corrected chi connectivity index (χ0v) is 33.4. The van der Waals surface area contributed by atoms with E-state index in [1.54, 1.807) is 0 Å². The van der Waals surface area contributed by atoms with Crippen LogP contribution in [0.5, 0.6) is 0 Å². The van der Waals surface area contributed by atoms with E-state index >= 15 is 0 Å². The molecule has 3 nitrogen and oxygen atoms in total. The summed E-state index contributed by atoms with van der Waals surface area (Å²) in [4.78, 5) is 7.48. The number of fused-ring (bicyclic) bond motifs is 6. The van der Waals surface area contributed by atoms with Crippen molar-refractivity contribution < 1.29 is 0 Å². The Labute approximate surface area is 346 Å². The molecule has 0 saturated carbocycles. The highest BCUT2D eigenvalue weighted by Gasteiger charge is 2.49. The van der Waals surface area contributed by atoms with Crippen LogP contribution in [0.15, 0.2) is 231 Å². The number of para-hydroxylation sites is 5. The second-order valence-corrected chi connectivity index (χ2v) is 19.4. The van der Waals surface area contributed by atoms with Crippen LogP contribution in [0.1, 0.15) is 0 Å². The van der Waals surface area contributed by atoms with E-state index in [0.717, 1.165) is 17.1 Å². The smallest absolute Gasteiger partial charge is 0.252 e. The lowest BCUT2D eigenvalue weighted by atomic mass is 9.33. The van der Waals surface area contributed by atoms with Crippen molar-refractivity contribution in [2.24, 2.45) is 0 Å². The maximum absolute atomic E-state index is 2.74. The van der Waals surface area contributed by atoms with Gasteiger partial charge in [-0.15, -0.1) is 0 Å². The summed E-state index contributed by atoms with van der Waals surface area (Å²) >= 11 is 0. The third-order valence-electron chi connectivity index (χ3n) is 12.7. The van der Waals surface area contributed by atoms with Crippen LogP contribution in [0.3, 0.4) is 0 Å². The van der Waals surface area contributed by atoms with E-state index in [2.05, 4.69) is 245 Å². The summed E-state index contributed by atoms with van der Waals surface area (Å²) in [6, 6.07) is 85.7. The van der Waals surface area contributed by atoms with Gasteiger partial charge in [0.25, 0.3) is 6.71 Å². The number of rotatable bonds is 5. The van der Waals surface area contributed by atoms with Crippen molar-refractivity contribution in [1.82, 2.24) is 0 Å². The molecule has 0 atom stereocenters. The molecule has 0 aromatic heterocycles. The number of anilines is 9. The van der Waals surface area contributed by atoms with Crippen LogP contribution in [-0.4, -0.2) is 14.8 Å². The van der Waals surface area contributed by atoms with Gasteiger partial charge in [0.2, 0.25) is 0 Å². The van der Waals surface area contributed by atoms with Gasteiger partial charge >= 0.3 is 0 Å². The second-order valence-electron chi connectivity index (χ2n) is 15.6. The molecule has 59 heavy (non-hydrogen) atoms. The highest BCUT2D eigenvalue weighted by atomic mass is 28.3.